The monoisotopic (exact) mass is 375 g/mol. The summed E-state index contributed by atoms with van der Waals surface area (Å²) in [5, 5.41) is 2.88. The van der Waals surface area contributed by atoms with E-state index in [1.807, 2.05) is 26.0 Å². The maximum absolute atomic E-state index is 12.6. The summed E-state index contributed by atoms with van der Waals surface area (Å²) < 4.78 is 5.84. The van der Waals surface area contributed by atoms with E-state index < -0.39 is 0 Å². The highest BCUT2D eigenvalue weighted by Crippen LogP contribution is 2.19. The van der Waals surface area contributed by atoms with Crippen molar-refractivity contribution in [3.8, 4) is 5.75 Å². The van der Waals surface area contributed by atoms with Gasteiger partial charge in [-0.25, -0.2) is 0 Å². The molecule has 2 amide bonds. The molecular weight excluding hydrogens is 342 g/mol. The Morgan fingerprint density at radius 1 is 1.37 bits per heavy atom. The Labute approximate surface area is 162 Å². The van der Waals surface area contributed by atoms with Gasteiger partial charge in [0.2, 0.25) is 11.8 Å². The molecule has 2 rings (SSSR count). The molecule has 0 aromatic heterocycles. The van der Waals surface area contributed by atoms with Gasteiger partial charge in [-0.1, -0.05) is 26.0 Å². The molecule has 1 atom stereocenters. The van der Waals surface area contributed by atoms with E-state index in [4.69, 9.17) is 4.74 Å². The van der Waals surface area contributed by atoms with E-state index in [0.29, 0.717) is 25.6 Å². The van der Waals surface area contributed by atoms with Crippen LogP contribution in [0.1, 0.15) is 31.4 Å². The summed E-state index contributed by atoms with van der Waals surface area (Å²) in [6.07, 6.45) is 0.207. The number of ether oxygens (including phenoxy) is 1. The second-order valence-corrected chi connectivity index (χ2v) is 7.83. The maximum Gasteiger partial charge on any atom is 0.237 e. The number of aryl methyl sites for hydroxylation is 2. The summed E-state index contributed by atoms with van der Waals surface area (Å²) in [6.45, 7) is 11.5. The Morgan fingerprint density at radius 3 is 2.81 bits per heavy atom. The van der Waals surface area contributed by atoms with Crippen molar-refractivity contribution in [3.05, 3.63) is 29.3 Å². The highest BCUT2D eigenvalue weighted by atomic mass is 16.5. The summed E-state index contributed by atoms with van der Waals surface area (Å²) in [5.74, 6) is 1.23. The van der Waals surface area contributed by atoms with Gasteiger partial charge in [0.1, 0.15) is 12.4 Å². The third-order valence-electron chi connectivity index (χ3n) is 4.86. The molecule has 27 heavy (non-hydrogen) atoms. The Kier molecular flexibility index (Phi) is 7.66. The molecule has 1 saturated heterocycles. The van der Waals surface area contributed by atoms with Gasteiger partial charge in [-0.2, -0.15) is 0 Å². The molecule has 1 aromatic rings. The molecule has 1 fully saturated rings. The van der Waals surface area contributed by atoms with E-state index in [-0.39, 0.29) is 24.3 Å². The lowest BCUT2D eigenvalue weighted by atomic mass is 10.1. The average Bonchev–Trinajstić information content (AvgIpc) is 2.60. The van der Waals surface area contributed by atoms with Crippen molar-refractivity contribution in [1.29, 1.82) is 0 Å². The molecule has 150 valence electrons. The number of hydrogen-bond donors (Lipinski definition) is 1. The molecule has 1 aliphatic heterocycles. The number of carbonyl (C=O) groups is 2. The Balaban J connectivity index is 1.86. The third kappa shape index (κ3) is 6.24. The van der Waals surface area contributed by atoms with Crippen molar-refractivity contribution >= 4 is 11.8 Å². The predicted molar refractivity (Wildman–Crippen MR) is 107 cm³/mol. The minimum absolute atomic E-state index is 0.0321. The van der Waals surface area contributed by atoms with Crippen molar-refractivity contribution in [3.63, 3.8) is 0 Å². The fourth-order valence-corrected chi connectivity index (χ4v) is 3.27. The molecular formula is C21H33N3O3. The first-order valence-corrected chi connectivity index (χ1v) is 9.73. The van der Waals surface area contributed by atoms with Gasteiger partial charge in [0.05, 0.1) is 19.0 Å². The van der Waals surface area contributed by atoms with E-state index in [0.717, 1.165) is 30.0 Å². The number of likely N-dealkylation sites (N-methyl/N-ethyl adjacent to an activating group) is 1. The minimum Gasteiger partial charge on any atom is -0.491 e. The van der Waals surface area contributed by atoms with E-state index in [9.17, 15) is 9.59 Å². The number of hydrogen-bond acceptors (Lipinski definition) is 4. The Bertz CT molecular complexity index is 660. The Hall–Kier alpha value is -2.08. The van der Waals surface area contributed by atoms with Crippen LogP contribution in [-0.2, 0) is 9.59 Å². The van der Waals surface area contributed by atoms with Crippen LogP contribution in [0, 0.1) is 19.8 Å². The standard InChI is InChI=1S/C21H33N3O3/c1-15(2)14-24-9-8-22-21(26)18(24)13-20(25)23(5)10-11-27-19-12-16(3)6-7-17(19)4/h6-7,12,15,18H,8-11,13-14H2,1-5H3,(H,22,26)/t18-/m0/s1. The van der Waals surface area contributed by atoms with Crippen LogP contribution in [0.3, 0.4) is 0 Å². The zero-order valence-corrected chi connectivity index (χ0v) is 17.2. The second kappa shape index (κ2) is 9.74. The highest BCUT2D eigenvalue weighted by molar-refractivity contribution is 5.88. The average molecular weight is 376 g/mol. The normalized spacial score (nSPS) is 17.7. The quantitative estimate of drug-likeness (QED) is 0.755. The molecule has 6 nitrogen and oxygen atoms in total. The first-order chi connectivity index (χ1) is 12.8. The molecule has 6 heteroatoms. The van der Waals surface area contributed by atoms with Crippen LogP contribution in [0.5, 0.6) is 5.75 Å². The minimum atomic E-state index is -0.379. The maximum atomic E-state index is 12.6. The van der Waals surface area contributed by atoms with Crippen LogP contribution in [0.15, 0.2) is 18.2 Å². The number of rotatable bonds is 8. The summed E-state index contributed by atoms with van der Waals surface area (Å²) in [6, 6.07) is 5.71. The number of amides is 2. The first-order valence-electron chi connectivity index (χ1n) is 9.73. The number of nitrogens with one attached hydrogen (secondary N) is 1. The summed E-state index contributed by atoms with van der Waals surface area (Å²) in [7, 11) is 1.77. The van der Waals surface area contributed by atoms with Crippen LogP contribution in [0.25, 0.3) is 0 Å². The van der Waals surface area contributed by atoms with Crippen molar-refractivity contribution < 1.29 is 14.3 Å². The number of piperazine rings is 1. The molecule has 1 aliphatic rings. The zero-order chi connectivity index (χ0) is 20.0. The van der Waals surface area contributed by atoms with Crippen LogP contribution >= 0.6 is 0 Å². The topological polar surface area (TPSA) is 61.9 Å². The summed E-state index contributed by atoms with van der Waals surface area (Å²) in [4.78, 5) is 28.7. The van der Waals surface area contributed by atoms with Crippen LogP contribution in [-0.4, -0.2) is 67.5 Å². The van der Waals surface area contributed by atoms with E-state index >= 15 is 0 Å². The van der Waals surface area contributed by atoms with Gasteiger partial charge in [-0.15, -0.1) is 0 Å². The lowest BCUT2D eigenvalue weighted by molar-refractivity contribution is -0.138. The van der Waals surface area contributed by atoms with Crippen LogP contribution in [0.2, 0.25) is 0 Å². The number of benzene rings is 1. The van der Waals surface area contributed by atoms with Crippen molar-refractivity contribution in [1.82, 2.24) is 15.1 Å². The largest absolute Gasteiger partial charge is 0.491 e. The molecule has 0 bridgehead atoms. The first kappa shape index (κ1) is 21.2. The van der Waals surface area contributed by atoms with Crippen molar-refractivity contribution in [2.75, 3.05) is 39.8 Å². The highest BCUT2D eigenvalue weighted by Gasteiger charge is 2.32. The summed E-state index contributed by atoms with van der Waals surface area (Å²) in [5.41, 5.74) is 2.23. The van der Waals surface area contributed by atoms with Gasteiger partial charge < -0.3 is 15.0 Å². The molecule has 0 saturated carbocycles. The van der Waals surface area contributed by atoms with Crippen molar-refractivity contribution in [2.24, 2.45) is 5.92 Å². The molecule has 1 aromatic carbocycles. The van der Waals surface area contributed by atoms with E-state index in [1.54, 1.807) is 11.9 Å². The van der Waals surface area contributed by atoms with E-state index in [1.165, 1.54) is 0 Å². The zero-order valence-electron chi connectivity index (χ0n) is 17.2. The van der Waals surface area contributed by atoms with Crippen molar-refractivity contribution in [2.45, 2.75) is 40.2 Å². The number of nitrogens with zero attached hydrogens (tertiary/aromatic N) is 2. The smallest absolute Gasteiger partial charge is 0.237 e. The molecule has 0 radical (unpaired) electrons. The lowest BCUT2D eigenvalue weighted by Gasteiger charge is -2.36. The molecule has 1 N–H and O–H groups in total. The van der Waals surface area contributed by atoms with Gasteiger partial charge in [0, 0.05) is 26.7 Å². The van der Waals surface area contributed by atoms with Gasteiger partial charge in [0.15, 0.2) is 0 Å². The number of carbonyl (C=O) groups excluding carboxylic acids is 2. The second-order valence-electron chi connectivity index (χ2n) is 7.83. The SMILES string of the molecule is Cc1ccc(C)c(OCCN(C)C(=O)C[C@H]2C(=O)NCCN2CC(C)C)c1. The molecule has 0 aliphatic carbocycles. The van der Waals surface area contributed by atoms with Gasteiger partial charge >= 0.3 is 0 Å². The van der Waals surface area contributed by atoms with Gasteiger partial charge in [0.25, 0.3) is 0 Å². The lowest BCUT2D eigenvalue weighted by Crippen LogP contribution is -2.57. The van der Waals surface area contributed by atoms with Crippen LogP contribution < -0.4 is 10.1 Å². The third-order valence-corrected chi connectivity index (χ3v) is 4.86. The van der Waals surface area contributed by atoms with Gasteiger partial charge in [-0.05, 0) is 37.0 Å². The van der Waals surface area contributed by atoms with Crippen LogP contribution in [0.4, 0.5) is 0 Å². The fraction of sp³-hybridized carbons (Fsp3) is 0.619. The van der Waals surface area contributed by atoms with Gasteiger partial charge in [-0.3, -0.25) is 14.5 Å². The fourth-order valence-electron chi connectivity index (χ4n) is 3.27. The molecule has 0 unspecified atom stereocenters. The van der Waals surface area contributed by atoms with E-state index in [2.05, 4.69) is 30.1 Å². The Morgan fingerprint density at radius 2 is 2.11 bits per heavy atom. The predicted octanol–water partition coefficient (Wildman–Crippen LogP) is 1.99. The summed E-state index contributed by atoms with van der Waals surface area (Å²) >= 11 is 0. The molecule has 1 heterocycles. The molecule has 0 spiro atoms.